The van der Waals surface area contributed by atoms with Crippen LogP contribution in [0.2, 0.25) is 0 Å². The normalized spacial score (nSPS) is 12.6. The number of benzene rings is 1. The number of hydrogen-bond donors (Lipinski definition) is 2. The Labute approximate surface area is 107 Å². The summed E-state index contributed by atoms with van der Waals surface area (Å²) in [6, 6.07) is 5.84. The molecule has 0 fully saturated rings. The number of methoxy groups -OCH3 is 1. The third kappa shape index (κ3) is 6.07. The minimum Gasteiger partial charge on any atom is -0.387 e. The SMILES string of the molecule is COCCOCCNCC(O)c1ccc(F)cc1. The van der Waals surface area contributed by atoms with Crippen molar-refractivity contribution in [2.45, 2.75) is 6.10 Å². The Balaban J connectivity index is 2.10. The molecule has 1 rings (SSSR count). The Morgan fingerprint density at radius 3 is 2.61 bits per heavy atom. The highest BCUT2D eigenvalue weighted by Gasteiger charge is 2.06. The fraction of sp³-hybridized carbons (Fsp3) is 0.538. The number of hydrogen-bond acceptors (Lipinski definition) is 4. The van der Waals surface area contributed by atoms with Gasteiger partial charge in [-0.15, -0.1) is 0 Å². The van der Waals surface area contributed by atoms with Crippen molar-refractivity contribution in [3.63, 3.8) is 0 Å². The average Bonchev–Trinajstić information content (AvgIpc) is 2.38. The van der Waals surface area contributed by atoms with Crippen LogP contribution in [0.3, 0.4) is 0 Å². The van der Waals surface area contributed by atoms with Gasteiger partial charge in [0.1, 0.15) is 5.82 Å². The zero-order valence-electron chi connectivity index (χ0n) is 10.6. The maximum Gasteiger partial charge on any atom is 0.123 e. The molecule has 4 nitrogen and oxygen atoms in total. The van der Waals surface area contributed by atoms with E-state index < -0.39 is 6.10 Å². The third-order valence-electron chi connectivity index (χ3n) is 2.45. The van der Waals surface area contributed by atoms with E-state index in [-0.39, 0.29) is 5.82 Å². The molecule has 0 radical (unpaired) electrons. The topological polar surface area (TPSA) is 50.7 Å². The molecule has 0 aliphatic heterocycles. The molecule has 1 aromatic carbocycles. The lowest BCUT2D eigenvalue weighted by Crippen LogP contribution is -2.25. The number of ether oxygens (including phenoxy) is 2. The van der Waals surface area contributed by atoms with Gasteiger partial charge in [0.05, 0.1) is 25.9 Å². The molecule has 1 aromatic rings. The van der Waals surface area contributed by atoms with E-state index in [1.165, 1.54) is 12.1 Å². The summed E-state index contributed by atoms with van der Waals surface area (Å²) in [5.74, 6) is -0.301. The van der Waals surface area contributed by atoms with Crippen molar-refractivity contribution in [2.75, 3.05) is 40.0 Å². The first-order valence-electron chi connectivity index (χ1n) is 5.95. The fourth-order valence-corrected chi connectivity index (χ4v) is 1.43. The Morgan fingerprint density at radius 1 is 1.22 bits per heavy atom. The zero-order valence-corrected chi connectivity index (χ0v) is 10.6. The highest BCUT2D eigenvalue weighted by Crippen LogP contribution is 2.11. The van der Waals surface area contributed by atoms with Gasteiger partial charge in [-0.3, -0.25) is 0 Å². The van der Waals surface area contributed by atoms with Crippen LogP contribution >= 0.6 is 0 Å². The van der Waals surface area contributed by atoms with Crippen LogP contribution in [0.25, 0.3) is 0 Å². The van der Waals surface area contributed by atoms with Crippen LogP contribution in [0.4, 0.5) is 4.39 Å². The van der Waals surface area contributed by atoms with E-state index >= 15 is 0 Å². The second kappa shape index (κ2) is 8.99. The molecule has 2 N–H and O–H groups in total. The van der Waals surface area contributed by atoms with E-state index in [0.29, 0.717) is 38.5 Å². The van der Waals surface area contributed by atoms with Crippen molar-refractivity contribution < 1.29 is 19.0 Å². The van der Waals surface area contributed by atoms with E-state index in [2.05, 4.69) is 5.32 Å². The van der Waals surface area contributed by atoms with E-state index in [9.17, 15) is 9.50 Å². The smallest absolute Gasteiger partial charge is 0.123 e. The molecule has 0 heterocycles. The van der Waals surface area contributed by atoms with Gasteiger partial charge in [0.2, 0.25) is 0 Å². The third-order valence-corrected chi connectivity index (χ3v) is 2.45. The van der Waals surface area contributed by atoms with Gasteiger partial charge in [-0.1, -0.05) is 12.1 Å². The van der Waals surface area contributed by atoms with Crippen molar-refractivity contribution in [1.29, 1.82) is 0 Å². The maximum atomic E-state index is 12.7. The van der Waals surface area contributed by atoms with Gasteiger partial charge in [0.15, 0.2) is 0 Å². The monoisotopic (exact) mass is 257 g/mol. The summed E-state index contributed by atoms with van der Waals surface area (Å²) in [6.07, 6.45) is -0.635. The minimum absolute atomic E-state index is 0.301. The Morgan fingerprint density at radius 2 is 1.94 bits per heavy atom. The molecule has 0 spiro atoms. The average molecular weight is 257 g/mol. The number of aliphatic hydroxyl groups is 1. The largest absolute Gasteiger partial charge is 0.387 e. The molecule has 18 heavy (non-hydrogen) atoms. The van der Waals surface area contributed by atoms with Crippen molar-refractivity contribution in [1.82, 2.24) is 5.32 Å². The van der Waals surface area contributed by atoms with Gasteiger partial charge in [-0.25, -0.2) is 4.39 Å². The molecule has 0 saturated carbocycles. The summed E-state index contributed by atoms with van der Waals surface area (Å²) in [5, 5.41) is 12.9. The van der Waals surface area contributed by atoms with E-state index in [0.717, 1.165) is 0 Å². The van der Waals surface area contributed by atoms with Gasteiger partial charge >= 0.3 is 0 Å². The highest BCUT2D eigenvalue weighted by molar-refractivity contribution is 5.18. The predicted molar refractivity (Wildman–Crippen MR) is 66.9 cm³/mol. The van der Waals surface area contributed by atoms with Crippen LogP contribution in [0, 0.1) is 5.82 Å². The van der Waals surface area contributed by atoms with Crippen molar-refractivity contribution in [2.24, 2.45) is 0 Å². The molecule has 0 amide bonds. The molecular formula is C13H20FNO3. The first-order chi connectivity index (χ1) is 8.74. The number of halogens is 1. The molecule has 1 atom stereocenters. The lowest BCUT2D eigenvalue weighted by Gasteiger charge is -2.12. The Kier molecular flexibility index (Phi) is 7.52. The zero-order chi connectivity index (χ0) is 13.2. The quantitative estimate of drug-likeness (QED) is 0.651. The molecule has 5 heteroatoms. The molecule has 0 saturated heterocycles. The van der Waals surface area contributed by atoms with Gasteiger partial charge in [-0.05, 0) is 17.7 Å². The van der Waals surface area contributed by atoms with E-state index in [4.69, 9.17) is 9.47 Å². The molecule has 102 valence electrons. The van der Waals surface area contributed by atoms with Gasteiger partial charge in [0, 0.05) is 20.2 Å². The lowest BCUT2D eigenvalue weighted by atomic mass is 10.1. The predicted octanol–water partition coefficient (Wildman–Crippen LogP) is 1.11. The molecule has 0 aliphatic rings. The standard InChI is InChI=1S/C13H20FNO3/c1-17-8-9-18-7-6-15-10-13(16)11-2-4-12(14)5-3-11/h2-5,13,15-16H,6-10H2,1H3. The van der Waals surface area contributed by atoms with Gasteiger partial charge in [0.25, 0.3) is 0 Å². The van der Waals surface area contributed by atoms with Crippen LogP contribution < -0.4 is 5.32 Å². The second-order valence-corrected chi connectivity index (χ2v) is 3.88. The summed E-state index contributed by atoms with van der Waals surface area (Å²) < 4.78 is 22.8. The van der Waals surface area contributed by atoms with E-state index in [1.807, 2.05) is 0 Å². The van der Waals surface area contributed by atoms with Gasteiger partial charge < -0.3 is 19.9 Å². The van der Waals surface area contributed by atoms with E-state index in [1.54, 1.807) is 19.2 Å². The molecule has 0 aromatic heterocycles. The molecule has 1 unspecified atom stereocenters. The highest BCUT2D eigenvalue weighted by atomic mass is 19.1. The lowest BCUT2D eigenvalue weighted by molar-refractivity contribution is 0.0703. The molecular weight excluding hydrogens is 237 g/mol. The number of aliphatic hydroxyl groups excluding tert-OH is 1. The van der Waals surface area contributed by atoms with Crippen molar-refractivity contribution in [3.05, 3.63) is 35.6 Å². The van der Waals surface area contributed by atoms with Crippen LogP contribution in [0.5, 0.6) is 0 Å². The van der Waals surface area contributed by atoms with Gasteiger partial charge in [-0.2, -0.15) is 0 Å². The second-order valence-electron chi connectivity index (χ2n) is 3.88. The first-order valence-corrected chi connectivity index (χ1v) is 5.95. The summed E-state index contributed by atoms with van der Waals surface area (Å²) in [6.45, 7) is 2.79. The first kappa shape index (κ1) is 15.0. The number of nitrogens with one attached hydrogen (secondary N) is 1. The Bertz CT molecular complexity index is 319. The van der Waals surface area contributed by atoms with Crippen LogP contribution in [0.1, 0.15) is 11.7 Å². The molecule has 0 bridgehead atoms. The van der Waals surface area contributed by atoms with Crippen molar-refractivity contribution >= 4 is 0 Å². The van der Waals surface area contributed by atoms with Crippen LogP contribution in [-0.4, -0.2) is 45.1 Å². The maximum absolute atomic E-state index is 12.7. The van der Waals surface area contributed by atoms with Crippen LogP contribution in [0.15, 0.2) is 24.3 Å². The summed E-state index contributed by atoms with van der Waals surface area (Å²) in [5.41, 5.74) is 0.698. The minimum atomic E-state index is -0.635. The Hall–Kier alpha value is -1.01. The van der Waals surface area contributed by atoms with Crippen LogP contribution in [-0.2, 0) is 9.47 Å². The number of rotatable bonds is 9. The molecule has 0 aliphatic carbocycles. The summed E-state index contributed by atoms with van der Waals surface area (Å²) in [4.78, 5) is 0. The van der Waals surface area contributed by atoms with Crippen molar-refractivity contribution in [3.8, 4) is 0 Å². The summed E-state index contributed by atoms with van der Waals surface area (Å²) >= 11 is 0. The fourth-order valence-electron chi connectivity index (χ4n) is 1.43. The summed E-state index contributed by atoms with van der Waals surface area (Å²) in [7, 11) is 1.63.